The summed E-state index contributed by atoms with van der Waals surface area (Å²) in [5.74, 6) is -0.0657. The fraction of sp³-hybridized carbons (Fsp3) is 0.292. The summed E-state index contributed by atoms with van der Waals surface area (Å²) in [5, 5.41) is 7.11. The largest absolute Gasteiger partial charge is 0.356 e. The van der Waals surface area contributed by atoms with Crippen LogP contribution in [0.3, 0.4) is 0 Å². The van der Waals surface area contributed by atoms with Gasteiger partial charge in [0.2, 0.25) is 5.95 Å². The first-order valence-electron chi connectivity index (χ1n) is 10.7. The van der Waals surface area contributed by atoms with Crippen molar-refractivity contribution in [2.45, 2.75) is 39.7 Å². The summed E-state index contributed by atoms with van der Waals surface area (Å²) < 4.78 is 29.6. The smallest absolute Gasteiger partial charge is 0.229 e. The number of anilines is 2. The molecule has 0 saturated heterocycles. The van der Waals surface area contributed by atoms with E-state index in [4.69, 9.17) is 0 Å². The van der Waals surface area contributed by atoms with Crippen LogP contribution < -0.4 is 10.6 Å². The third-order valence-electron chi connectivity index (χ3n) is 5.85. The Morgan fingerprint density at radius 1 is 1.09 bits per heavy atom. The molecule has 0 unspecified atom stereocenters. The number of fused-ring (bicyclic) bond motifs is 2. The van der Waals surface area contributed by atoms with Crippen molar-refractivity contribution >= 4 is 22.7 Å². The van der Waals surface area contributed by atoms with Gasteiger partial charge in [-0.1, -0.05) is 19.9 Å². The average molecular weight is 434 g/mol. The lowest BCUT2D eigenvalue weighted by molar-refractivity contribution is 0.617. The first-order valence-corrected chi connectivity index (χ1v) is 10.7. The highest BCUT2D eigenvalue weighted by Crippen LogP contribution is 2.34. The molecule has 5 rings (SSSR count). The van der Waals surface area contributed by atoms with Gasteiger partial charge in [-0.3, -0.25) is 0 Å². The van der Waals surface area contributed by atoms with E-state index in [1.54, 1.807) is 6.07 Å². The first kappa shape index (κ1) is 20.5. The number of nitrogens with one attached hydrogen (secondary N) is 3. The van der Waals surface area contributed by atoms with Gasteiger partial charge in [-0.25, -0.2) is 23.7 Å². The molecule has 4 aromatic rings. The zero-order valence-corrected chi connectivity index (χ0v) is 18.2. The standard InChI is InChI=1S/C24H24F2N6/c1-12(2)21-13(3)29-23-16(21)8-15(9-17(23)25)22-18(26)11-28-24(32-22)31-20-5-4-14-10-27-7-6-19(14)30-20/h4-5,8-9,11-12,27,29H,6-7,10H2,1-3H3,(H,28,30,31,32). The first-order chi connectivity index (χ1) is 15.4. The number of pyridine rings is 1. The molecule has 1 aliphatic heterocycles. The summed E-state index contributed by atoms with van der Waals surface area (Å²) in [6, 6.07) is 6.95. The van der Waals surface area contributed by atoms with E-state index >= 15 is 0 Å². The molecule has 0 aliphatic carbocycles. The number of H-pyrrole nitrogens is 1. The van der Waals surface area contributed by atoms with E-state index in [1.807, 2.05) is 19.1 Å². The van der Waals surface area contributed by atoms with E-state index in [2.05, 4.69) is 44.4 Å². The Labute approximate surface area is 184 Å². The summed E-state index contributed by atoms with van der Waals surface area (Å²) in [4.78, 5) is 16.2. The molecule has 0 amide bonds. The van der Waals surface area contributed by atoms with Crippen LogP contribution in [0.5, 0.6) is 0 Å². The van der Waals surface area contributed by atoms with E-state index in [0.717, 1.165) is 53.6 Å². The van der Waals surface area contributed by atoms with Crippen LogP contribution in [0, 0.1) is 18.6 Å². The van der Waals surface area contributed by atoms with E-state index in [9.17, 15) is 8.78 Å². The van der Waals surface area contributed by atoms with Gasteiger partial charge in [0.1, 0.15) is 17.3 Å². The third kappa shape index (κ3) is 3.60. The van der Waals surface area contributed by atoms with Crippen LogP contribution in [0.1, 0.15) is 42.3 Å². The lowest BCUT2D eigenvalue weighted by atomic mass is 9.98. The lowest BCUT2D eigenvalue weighted by Crippen LogP contribution is -2.24. The van der Waals surface area contributed by atoms with Crippen molar-refractivity contribution in [1.29, 1.82) is 0 Å². The molecule has 0 fully saturated rings. The zero-order valence-electron chi connectivity index (χ0n) is 18.2. The van der Waals surface area contributed by atoms with Gasteiger partial charge in [-0.2, -0.15) is 0 Å². The van der Waals surface area contributed by atoms with Crippen molar-refractivity contribution in [3.63, 3.8) is 0 Å². The second-order valence-electron chi connectivity index (χ2n) is 8.44. The molecule has 4 heterocycles. The highest BCUT2D eigenvalue weighted by atomic mass is 19.1. The molecule has 0 bridgehead atoms. The van der Waals surface area contributed by atoms with Crippen LogP contribution >= 0.6 is 0 Å². The summed E-state index contributed by atoms with van der Waals surface area (Å²) in [5.41, 5.74) is 4.94. The van der Waals surface area contributed by atoms with Gasteiger partial charge in [0.25, 0.3) is 0 Å². The second kappa shape index (κ2) is 7.94. The number of aromatic amines is 1. The zero-order chi connectivity index (χ0) is 22.4. The van der Waals surface area contributed by atoms with Gasteiger partial charge in [0.15, 0.2) is 5.82 Å². The molecule has 0 saturated carbocycles. The molecule has 3 N–H and O–H groups in total. The van der Waals surface area contributed by atoms with Crippen LogP contribution in [0.15, 0.2) is 30.5 Å². The minimum atomic E-state index is -0.614. The number of aryl methyl sites for hydroxylation is 1. The minimum absolute atomic E-state index is 0.0408. The van der Waals surface area contributed by atoms with Crippen LogP contribution in [-0.2, 0) is 13.0 Å². The molecule has 3 aromatic heterocycles. The van der Waals surface area contributed by atoms with E-state index in [1.165, 1.54) is 6.07 Å². The third-order valence-corrected chi connectivity index (χ3v) is 5.85. The van der Waals surface area contributed by atoms with E-state index in [-0.39, 0.29) is 17.6 Å². The quantitative estimate of drug-likeness (QED) is 0.416. The van der Waals surface area contributed by atoms with Crippen molar-refractivity contribution < 1.29 is 8.78 Å². The maximum atomic E-state index is 14.9. The maximum absolute atomic E-state index is 14.9. The lowest BCUT2D eigenvalue weighted by Gasteiger charge is -2.17. The van der Waals surface area contributed by atoms with Gasteiger partial charge in [-0.05, 0) is 42.2 Å². The Balaban J connectivity index is 1.54. The Morgan fingerprint density at radius 3 is 2.75 bits per heavy atom. The second-order valence-corrected chi connectivity index (χ2v) is 8.44. The van der Waals surface area contributed by atoms with Gasteiger partial charge in [0.05, 0.1) is 11.7 Å². The molecule has 8 heteroatoms. The van der Waals surface area contributed by atoms with Crippen molar-refractivity contribution in [3.8, 4) is 11.3 Å². The SMILES string of the molecule is Cc1[nH]c2c(F)cc(-c3nc(Nc4ccc5c(n4)CCNC5)ncc3F)cc2c1C(C)C. The van der Waals surface area contributed by atoms with Crippen molar-refractivity contribution in [1.82, 2.24) is 25.3 Å². The molecular weight excluding hydrogens is 410 g/mol. The van der Waals surface area contributed by atoms with E-state index in [0.29, 0.717) is 16.9 Å². The molecule has 1 aromatic carbocycles. The van der Waals surface area contributed by atoms with Gasteiger partial charge < -0.3 is 15.6 Å². The summed E-state index contributed by atoms with van der Waals surface area (Å²) in [7, 11) is 0. The van der Waals surface area contributed by atoms with Gasteiger partial charge in [-0.15, -0.1) is 0 Å². The molecular formula is C24H24F2N6. The minimum Gasteiger partial charge on any atom is -0.356 e. The summed E-state index contributed by atoms with van der Waals surface area (Å²) >= 11 is 0. The van der Waals surface area contributed by atoms with Crippen molar-refractivity contribution in [2.75, 3.05) is 11.9 Å². The summed E-state index contributed by atoms with van der Waals surface area (Å²) in [6.07, 6.45) is 1.94. The van der Waals surface area contributed by atoms with Crippen molar-refractivity contribution in [3.05, 3.63) is 64.6 Å². The van der Waals surface area contributed by atoms with Crippen LogP contribution in [-0.4, -0.2) is 26.5 Å². The van der Waals surface area contributed by atoms with Crippen LogP contribution in [0.4, 0.5) is 20.5 Å². The number of nitrogens with zero attached hydrogens (tertiary/aromatic N) is 3. The number of benzene rings is 1. The summed E-state index contributed by atoms with van der Waals surface area (Å²) in [6.45, 7) is 7.70. The molecule has 0 spiro atoms. The topological polar surface area (TPSA) is 78.5 Å². The molecule has 32 heavy (non-hydrogen) atoms. The van der Waals surface area contributed by atoms with Gasteiger partial charge >= 0.3 is 0 Å². The van der Waals surface area contributed by atoms with E-state index < -0.39 is 11.6 Å². The Kier molecular flexibility index (Phi) is 5.09. The highest BCUT2D eigenvalue weighted by Gasteiger charge is 2.19. The predicted octanol–water partition coefficient (Wildman–Crippen LogP) is 5.12. The number of halogens is 2. The van der Waals surface area contributed by atoms with Crippen LogP contribution in [0.25, 0.3) is 22.2 Å². The number of rotatable bonds is 4. The Hall–Kier alpha value is -3.39. The fourth-order valence-corrected chi connectivity index (χ4v) is 4.44. The number of aromatic nitrogens is 4. The molecule has 0 radical (unpaired) electrons. The average Bonchev–Trinajstić information content (AvgIpc) is 3.11. The molecule has 164 valence electrons. The van der Waals surface area contributed by atoms with Crippen molar-refractivity contribution in [2.24, 2.45) is 0 Å². The number of hydrogen-bond acceptors (Lipinski definition) is 5. The highest BCUT2D eigenvalue weighted by molar-refractivity contribution is 5.89. The monoisotopic (exact) mass is 434 g/mol. The normalized spacial score (nSPS) is 13.6. The van der Waals surface area contributed by atoms with Gasteiger partial charge in [0, 0.05) is 41.8 Å². The Morgan fingerprint density at radius 2 is 1.94 bits per heavy atom. The maximum Gasteiger partial charge on any atom is 0.229 e. The molecule has 6 nitrogen and oxygen atoms in total. The van der Waals surface area contributed by atoms with Crippen LogP contribution in [0.2, 0.25) is 0 Å². The molecule has 0 atom stereocenters. The Bertz CT molecular complexity index is 1330. The fourth-order valence-electron chi connectivity index (χ4n) is 4.44. The molecule has 1 aliphatic rings. The predicted molar refractivity (Wildman–Crippen MR) is 121 cm³/mol. The number of hydrogen-bond donors (Lipinski definition) is 3.